The molecular formula is C31H33N3O2. The minimum Gasteiger partial charge on any atom is -0.493 e. The van der Waals surface area contributed by atoms with E-state index in [1.54, 1.807) is 6.92 Å². The second-order valence-corrected chi connectivity index (χ2v) is 9.58. The van der Waals surface area contributed by atoms with Crippen LogP contribution in [0, 0.1) is 12.8 Å². The number of carbonyl (C=O) groups excluding carboxylic acids is 1. The summed E-state index contributed by atoms with van der Waals surface area (Å²) in [4.78, 5) is 18.8. The first kappa shape index (κ1) is 23.9. The maximum atomic E-state index is 11.7. The van der Waals surface area contributed by atoms with Gasteiger partial charge >= 0.3 is 0 Å². The molecule has 4 aromatic rings. The number of Topliss-reactive ketones (excluding diaryl/α,β-unsaturated/α-hetero) is 1. The van der Waals surface area contributed by atoms with E-state index in [0.717, 1.165) is 66.1 Å². The Hall–Kier alpha value is -3.86. The number of nitrogens with one attached hydrogen (secondary N) is 1. The Labute approximate surface area is 213 Å². The first-order valence-electron chi connectivity index (χ1n) is 12.8. The summed E-state index contributed by atoms with van der Waals surface area (Å²) in [6.45, 7) is 6.19. The summed E-state index contributed by atoms with van der Waals surface area (Å²) in [5, 5.41) is 4.64. The minimum atomic E-state index is 0.215. The maximum Gasteiger partial charge on any atom is 0.133 e. The second-order valence-electron chi connectivity index (χ2n) is 9.58. The number of carbonyl (C=O) groups is 1. The smallest absolute Gasteiger partial charge is 0.133 e. The monoisotopic (exact) mass is 479 g/mol. The van der Waals surface area contributed by atoms with Crippen molar-refractivity contribution in [1.29, 1.82) is 0 Å². The molecule has 2 heterocycles. The van der Waals surface area contributed by atoms with Crippen molar-refractivity contribution in [2.24, 2.45) is 5.92 Å². The number of hydrogen-bond donors (Lipinski definition) is 1. The number of benzene rings is 3. The van der Waals surface area contributed by atoms with E-state index in [1.807, 2.05) is 43.3 Å². The van der Waals surface area contributed by atoms with Crippen molar-refractivity contribution < 1.29 is 9.53 Å². The van der Waals surface area contributed by atoms with Gasteiger partial charge in [0.15, 0.2) is 0 Å². The number of rotatable bonds is 8. The van der Waals surface area contributed by atoms with Crippen LogP contribution in [0.1, 0.15) is 31.0 Å². The summed E-state index contributed by atoms with van der Waals surface area (Å²) < 4.78 is 6.17. The van der Waals surface area contributed by atoms with Gasteiger partial charge < -0.3 is 15.0 Å². The predicted molar refractivity (Wildman–Crippen MR) is 147 cm³/mol. The number of pyridine rings is 1. The van der Waals surface area contributed by atoms with Crippen LogP contribution >= 0.6 is 0 Å². The number of nitrogens with zero attached hydrogens (tertiary/aromatic N) is 2. The van der Waals surface area contributed by atoms with Crippen molar-refractivity contribution in [3.05, 3.63) is 90.1 Å². The van der Waals surface area contributed by atoms with Gasteiger partial charge in [-0.3, -0.25) is 9.78 Å². The molecule has 0 amide bonds. The van der Waals surface area contributed by atoms with E-state index < -0.39 is 0 Å². The molecule has 0 atom stereocenters. The van der Waals surface area contributed by atoms with Crippen molar-refractivity contribution in [2.75, 3.05) is 29.9 Å². The fourth-order valence-corrected chi connectivity index (χ4v) is 5.07. The third-order valence-electron chi connectivity index (χ3n) is 7.00. The van der Waals surface area contributed by atoms with Crippen LogP contribution in [0.5, 0.6) is 5.75 Å². The summed E-state index contributed by atoms with van der Waals surface area (Å²) in [5.74, 6) is 1.38. The normalized spacial score (nSPS) is 14.1. The summed E-state index contributed by atoms with van der Waals surface area (Å²) in [5.41, 5.74) is 6.53. The average molecular weight is 480 g/mol. The Bertz CT molecular complexity index is 1360. The molecular weight excluding hydrogens is 446 g/mol. The summed E-state index contributed by atoms with van der Waals surface area (Å²) in [6, 6.07) is 26.9. The van der Waals surface area contributed by atoms with Crippen LogP contribution in [0.3, 0.4) is 0 Å². The zero-order valence-corrected chi connectivity index (χ0v) is 21.0. The highest BCUT2D eigenvalue weighted by Gasteiger charge is 2.23. The van der Waals surface area contributed by atoms with Crippen LogP contribution in [-0.2, 0) is 11.2 Å². The van der Waals surface area contributed by atoms with Crippen molar-refractivity contribution in [3.63, 3.8) is 0 Å². The summed E-state index contributed by atoms with van der Waals surface area (Å²) in [7, 11) is 0. The Morgan fingerprint density at radius 2 is 1.78 bits per heavy atom. The number of ether oxygens (including phenoxy) is 1. The molecule has 1 saturated heterocycles. The van der Waals surface area contributed by atoms with E-state index in [9.17, 15) is 4.79 Å². The first-order valence-corrected chi connectivity index (χ1v) is 12.8. The fraction of sp³-hybridized carbons (Fsp3) is 0.290. The van der Waals surface area contributed by atoms with Crippen molar-refractivity contribution in [1.82, 2.24) is 4.98 Å². The zero-order valence-electron chi connectivity index (χ0n) is 21.0. The van der Waals surface area contributed by atoms with Crippen LogP contribution in [0.25, 0.3) is 10.9 Å². The molecule has 1 N–H and O–H groups in total. The number of para-hydroxylation sites is 2. The van der Waals surface area contributed by atoms with Gasteiger partial charge in [0.05, 0.1) is 12.1 Å². The topological polar surface area (TPSA) is 54.5 Å². The number of aryl methyl sites for hydroxylation is 1. The quantitative estimate of drug-likeness (QED) is 0.304. The lowest BCUT2D eigenvalue weighted by atomic mass is 9.92. The molecule has 1 aliphatic rings. The number of hydrogen-bond acceptors (Lipinski definition) is 5. The molecule has 5 rings (SSSR count). The van der Waals surface area contributed by atoms with Crippen LogP contribution in [-0.4, -0.2) is 30.5 Å². The van der Waals surface area contributed by atoms with Crippen LogP contribution < -0.4 is 15.0 Å². The van der Waals surface area contributed by atoms with Gasteiger partial charge in [-0.1, -0.05) is 42.5 Å². The number of anilines is 3. The Morgan fingerprint density at radius 1 is 1.00 bits per heavy atom. The molecule has 0 bridgehead atoms. The van der Waals surface area contributed by atoms with Crippen molar-refractivity contribution in [2.45, 2.75) is 33.1 Å². The molecule has 3 aromatic carbocycles. The molecule has 1 aliphatic heterocycles. The Balaban J connectivity index is 1.23. The molecule has 5 heteroatoms. The molecule has 0 saturated carbocycles. The summed E-state index contributed by atoms with van der Waals surface area (Å²) in [6.07, 6.45) is 2.70. The van der Waals surface area contributed by atoms with E-state index in [2.05, 4.69) is 57.7 Å². The van der Waals surface area contributed by atoms with Gasteiger partial charge in [0, 0.05) is 59.6 Å². The highest BCUT2D eigenvalue weighted by Crippen LogP contribution is 2.29. The Morgan fingerprint density at radius 3 is 2.61 bits per heavy atom. The minimum absolute atomic E-state index is 0.215. The van der Waals surface area contributed by atoms with Crippen LogP contribution in [0.2, 0.25) is 0 Å². The number of ketones is 1. The largest absolute Gasteiger partial charge is 0.493 e. The number of aromatic nitrogens is 1. The molecule has 5 nitrogen and oxygen atoms in total. The third-order valence-corrected chi connectivity index (χ3v) is 7.00. The number of fused-ring (bicyclic) bond motifs is 1. The van der Waals surface area contributed by atoms with Gasteiger partial charge in [0.1, 0.15) is 11.5 Å². The van der Waals surface area contributed by atoms with E-state index in [1.165, 1.54) is 11.3 Å². The lowest BCUT2D eigenvalue weighted by Crippen LogP contribution is -2.36. The van der Waals surface area contributed by atoms with E-state index in [0.29, 0.717) is 12.4 Å². The molecule has 184 valence electrons. The summed E-state index contributed by atoms with van der Waals surface area (Å²) >= 11 is 0. The lowest BCUT2D eigenvalue weighted by molar-refractivity contribution is -0.121. The van der Waals surface area contributed by atoms with Gasteiger partial charge in [-0.2, -0.15) is 0 Å². The third kappa shape index (κ3) is 5.51. The maximum absolute atomic E-state index is 11.7. The van der Waals surface area contributed by atoms with Gasteiger partial charge in [-0.25, -0.2) is 0 Å². The highest BCUT2D eigenvalue weighted by atomic mass is 16.5. The molecule has 36 heavy (non-hydrogen) atoms. The van der Waals surface area contributed by atoms with E-state index in [4.69, 9.17) is 4.74 Å². The van der Waals surface area contributed by atoms with Crippen LogP contribution in [0.4, 0.5) is 17.1 Å². The zero-order chi connectivity index (χ0) is 24.9. The van der Waals surface area contributed by atoms with Gasteiger partial charge in [0.25, 0.3) is 0 Å². The van der Waals surface area contributed by atoms with Crippen LogP contribution in [0.15, 0.2) is 78.9 Å². The number of piperidine rings is 1. The molecule has 0 unspecified atom stereocenters. The van der Waals surface area contributed by atoms with Gasteiger partial charge in [-0.15, -0.1) is 0 Å². The average Bonchev–Trinajstić information content (AvgIpc) is 2.89. The molecule has 0 spiro atoms. The highest BCUT2D eigenvalue weighted by molar-refractivity contribution is 5.93. The Kier molecular flexibility index (Phi) is 7.17. The second kappa shape index (κ2) is 10.8. The van der Waals surface area contributed by atoms with Gasteiger partial charge in [0.2, 0.25) is 0 Å². The molecule has 0 radical (unpaired) electrons. The van der Waals surface area contributed by atoms with Gasteiger partial charge in [-0.05, 0) is 62.6 Å². The van der Waals surface area contributed by atoms with Crippen molar-refractivity contribution >= 4 is 33.7 Å². The fourth-order valence-electron chi connectivity index (χ4n) is 5.07. The molecule has 1 aromatic heterocycles. The van der Waals surface area contributed by atoms with E-state index >= 15 is 0 Å². The molecule has 0 aliphatic carbocycles. The lowest BCUT2D eigenvalue weighted by Gasteiger charge is -2.34. The van der Waals surface area contributed by atoms with E-state index in [-0.39, 0.29) is 5.92 Å². The van der Waals surface area contributed by atoms with Crippen molar-refractivity contribution in [3.8, 4) is 5.75 Å². The predicted octanol–water partition coefficient (Wildman–Crippen LogP) is 6.71. The first-order chi connectivity index (χ1) is 17.6. The SMILES string of the molecule is CC(=O)C1CCN(c2ccccc2CCOc2cccc(Nc3cc(C)nc4ccccc34)c2)CC1. The standard InChI is InChI=1S/C31H33N3O2/c1-22-20-30(28-11-4-5-12-29(28)32-22)33-26-9-7-10-27(21-26)36-19-16-25-8-3-6-13-31(25)34-17-14-24(15-18-34)23(2)35/h3-13,20-21,24H,14-19H2,1-2H3,(H,32,33). The molecule has 1 fully saturated rings.